The minimum Gasteiger partial charge on any atom is -0.299 e. The summed E-state index contributed by atoms with van der Waals surface area (Å²) in [4.78, 5) is 23.8. The lowest BCUT2D eigenvalue weighted by molar-refractivity contribution is -0.131. The minimum absolute atomic E-state index is 0.109. The topological polar surface area (TPSA) is 34.1 Å². The van der Waals surface area contributed by atoms with Gasteiger partial charge in [0.15, 0.2) is 0 Å². The summed E-state index contributed by atoms with van der Waals surface area (Å²) in [5.74, 6) is 1.20. The third kappa shape index (κ3) is 3.16. The summed E-state index contributed by atoms with van der Waals surface area (Å²) < 4.78 is 0. The molecule has 0 unspecified atom stereocenters. The molecule has 0 aromatic heterocycles. The first-order chi connectivity index (χ1) is 7.43. The Kier molecular flexibility index (Phi) is 4.69. The first-order valence-electron chi connectivity index (χ1n) is 6.51. The van der Waals surface area contributed by atoms with E-state index in [1.165, 1.54) is 0 Å². The van der Waals surface area contributed by atoms with Gasteiger partial charge in [-0.15, -0.1) is 0 Å². The molecule has 0 spiro atoms. The SMILES string of the molecule is CC(C)C(=O)[C@H]1CCC[C@H](C(=O)C(C)C)C1. The van der Waals surface area contributed by atoms with Gasteiger partial charge in [0, 0.05) is 23.7 Å². The lowest BCUT2D eigenvalue weighted by atomic mass is 9.74. The standard InChI is InChI=1S/C14H24O2/c1-9(2)13(15)11-6-5-7-12(8-11)14(16)10(3)4/h9-12H,5-8H2,1-4H3/t11-,12-/m0/s1. The molecule has 0 bridgehead atoms. The largest absolute Gasteiger partial charge is 0.299 e. The molecule has 1 aliphatic carbocycles. The zero-order valence-corrected chi connectivity index (χ0v) is 11.0. The quantitative estimate of drug-likeness (QED) is 0.734. The van der Waals surface area contributed by atoms with Crippen LogP contribution in [-0.4, -0.2) is 11.6 Å². The van der Waals surface area contributed by atoms with E-state index in [0.29, 0.717) is 11.6 Å². The van der Waals surface area contributed by atoms with E-state index < -0.39 is 0 Å². The maximum Gasteiger partial charge on any atom is 0.138 e. The number of ketones is 2. The average molecular weight is 224 g/mol. The summed E-state index contributed by atoms with van der Waals surface area (Å²) in [5.41, 5.74) is 0. The second-order valence-electron chi connectivity index (χ2n) is 5.67. The molecule has 0 saturated heterocycles. The maximum atomic E-state index is 11.9. The molecule has 1 saturated carbocycles. The predicted molar refractivity (Wildman–Crippen MR) is 65.1 cm³/mol. The van der Waals surface area contributed by atoms with Gasteiger partial charge in [0.2, 0.25) is 0 Å². The molecule has 0 N–H and O–H groups in total. The Morgan fingerprint density at radius 2 is 1.25 bits per heavy atom. The van der Waals surface area contributed by atoms with E-state index in [2.05, 4.69) is 0 Å². The minimum atomic E-state index is 0.109. The van der Waals surface area contributed by atoms with Gasteiger partial charge in [-0.2, -0.15) is 0 Å². The number of hydrogen-bond acceptors (Lipinski definition) is 2. The van der Waals surface area contributed by atoms with Crippen LogP contribution in [0.3, 0.4) is 0 Å². The Labute approximate surface area is 98.8 Å². The molecule has 0 aromatic carbocycles. The number of Topliss-reactive ketones (excluding diaryl/α,β-unsaturated/α-hetero) is 2. The molecule has 16 heavy (non-hydrogen) atoms. The van der Waals surface area contributed by atoms with Gasteiger partial charge in [-0.3, -0.25) is 9.59 Å². The van der Waals surface area contributed by atoms with Crippen molar-refractivity contribution < 1.29 is 9.59 Å². The third-order valence-corrected chi connectivity index (χ3v) is 3.62. The summed E-state index contributed by atoms with van der Waals surface area (Å²) in [6, 6.07) is 0. The fourth-order valence-electron chi connectivity index (χ4n) is 2.65. The first-order valence-corrected chi connectivity index (χ1v) is 6.51. The van der Waals surface area contributed by atoms with E-state index >= 15 is 0 Å². The van der Waals surface area contributed by atoms with Gasteiger partial charge >= 0.3 is 0 Å². The van der Waals surface area contributed by atoms with Gasteiger partial charge in [0.05, 0.1) is 0 Å². The monoisotopic (exact) mass is 224 g/mol. The van der Waals surface area contributed by atoms with Crippen LogP contribution in [0.5, 0.6) is 0 Å². The van der Waals surface area contributed by atoms with Crippen LogP contribution in [0.2, 0.25) is 0 Å². The van der Waals surface area contributed by atoms with Crippen molar-refractivity contribution in [3.05, 3.63) is 0 Å². The van der Waals surface area contributed by atoms with Crippen molar-refractivity contribution in [2.45, 2.75) is 53.4 Å². The van der Waals surface area contributed by atoms with E-state index in [4.69, 9.17) is 0 Å². The molecular formula is C14H24O2. The van der Waals surface area contributed by atoms with Crippen LogP contribution in [0.25, 0.3) is 0 Å². The van der Waals surface area contributed by atoms with Crippen LogP contribution in [0.4, 0.5) is 0 Å². The molecule has 2 heteroatoms. The summed E-state index contributed by atoms with van der Waals surface area (Å²) in [5, 5.41) is 0. The second-order valence-corrected chi connectivity index (χ2v) is 5.67. The normalized spacial score (nSPS) is 26.1. The van der Waals surface area contributed by atoms with Gasteiger partial charge in [0.25, 0.3) is 0 Å². The van der Waals surface area contributed by atoms with Gasteiger partial charge < -0.3 is 0 Å². The van der Waals surface area contributed by atoms with Crippen LogP contribution in [0.1, 0.15) is 53.4 Å². The van der Waals surface area contributed by atoms with Gasteiger partial charge in [-0.25, -0.2) is 0 Å². The van der Waals surface area contributed by atoms with E-state index in [0.717, 1.165) is 25.7 Å². The number of hydrogen-bond donors (Lipinski definition) is 0. The van der Waals surface area contributed by atoms with E-state index in [1.54, 1.807) is 0 Å². The molecule has 0 radical (unpaired) electrons. The molecule has 0 amide bonds. The number of carbonyl (C=O) groups excluding carboxylic acids is 2. The summed E-state index contributed by atoms with van der Waals surface area (Å²) >= 11 is 0. The smallest absolute Gasteiger partial charge is 0.138 e. The van der Waals surface area contributed by atoms with Gasteiger partial charge in [-0.05, 0) is 19.3 Å². The highest BCUT2D eigenvalue weighted by atomic mass is 16.1. The molecule has 0 heterocycles. The molecule has 92 valence electrons. The summed E-state index contributed by atoms with van der Waals surface area (Å²) in [6.45, 7) is 7.82. The molecule has 0 aromatic rings. The molecular weight excluding hydrogens is 200 g/mol. The second kappa shape index (κ2) is 5.60. The zero-order chi connectivity index (χ0) is 12.3. The first kappa shape index (κ1) is 13.4. The summed E-state index contributed by atoms with van der Waals surface area (Å²) in [7, 11) is 0. The lowest BCUT2D eigenvalue weighted by Crippen LogP contribution is -2.31. The summed E-state index contributed by atoms with van der Waals surface area (Å²) in [6.07, 6.45) is 3.80. The van der Waals surface area contributed by atoms with Crippen LogP contribution in [0.15, 0.2) is 0 Å². The molecule has 1 fully saturated rings. The Morgan fingerprint density at radius 1 is 0.875 bits per heavy atom. The Hall–Kier alpha value is -0.660. The van der Waals surface area contributed by atoms with Gasteiger partial charge in [0.1, 0.15) is 11.6 Å². The van der Waals surface area contributed by atoms with E-state index in [-0.39, 0.29) is 23.7 Å². The highest BCUT2D eigenvalue weighted by Gasteiger charge is 2.32. The third-order valence-electron chi connectivity index (χ3n) is 3.62. The van der Waals surface area contributed by atoms with Crippen LogP contribution in [-0.2, 0) is 9.59 Å². The fourth-order valence-corrected chi connectivity index (χ4v) is 2.65. The van der Waals surface area contributed by atoms with Crippen molar-refractivity contribution in [2.24, 2.45) is 23.7 Å². The lowest BCUT2D eigenvalue weighted by Gasteiger charge is -2.29. The van der Waals surface area contributed by atoms with E-state index in [1.807, 2.05) is 27.7 Å². The fraction of sp³-hybridized carbons (Fsp3) is 0.857. The number of carbonyl (C=O) groups is 2. The molecule has 2 atom stereocenters. The molecule has 2 nitrogen and oxygen atoms in total. The molecule has 1 rings (SSSR count). The number of rotatable bonds is 4. The average Bonchev–Trinajstić information content (AvgIpc) is 2.26. The highest BCUT2D eigenvalue weighted by Crippen LogP contribution is 2.33. The maximum absolute atomic E-state index is 11.9. The van der Waals surface area contributed by atoms with Gasteiger partial charge in [-0.1, -0.05) is 34.1 Å². The van der Waals surface area contributed by atoms with Crippen molar-refractivity contribution in [1.29, 1.82) is 0 Å². The zero-order valence-electron chi connectivity index (χ0n) is 11.0. The van der Waals surface area contributed by atoms with Crippen molar-refractivity contribution >= 4 is 11.6 Å². The van der Waals surface area contributed by atoms with Crippen LogP contribution >= 0.6 is 0 Å². The molecule has 1 aliphatic rings. The van der Waals surface area contributed by atoms with Crippen molar-refractivity contribution in [3.63, 3.8) is 0 Å². The van der Waals surface area contributed by atoms with Crippen LogP contribution in [0, 0.1) is 23.7 Å². The van der Waals surface area contributed by atoms with Crippen molar-refractivity contribution in [2.75, 3.05) is 0 Å². The van der Waals surface area contributed by atoms with E-state index in [9.17, 15) is 9.59 Å². The van der Waals surface area contributed by atoms with Crippen molar-refractivity contribution in [1.82, 2.24) is 0 Å². The highest BCUT2D eigenvalue weighted by molar-refractivity contribution is 5.86. The Bertz CT molecular complexity index is 240. The van der Waals surface area contributed by atoms with Crippen molar-refractivity contribution in [3.8, 4) is 0 Å². The molecule has 0 aliphatic heterocycles. The Morgan fingerprint density at radius 3 is 1.56 bits per heavy atom. The predicted octanol–water partition coefficient (Wildman–Crippen LogP) is 3.24. The Balaban J connectivity index is 2.60. The van der Waals surface area contributed by atoms with Crippen LogP contribution < -0.4 is 0 Å².